The molecule has 1 aliphatic heterocycles. The number of rotatable bonds is 6. The van der Waals surface area contributed by atoms with Crippen molar-refractivity contribution in [1.82, 2.24) is 14.5 Å². The summed E-state index contributed by atoms with van der Waals surface area (Å²) in [6, 6.07) is 2.91. The van der Waals surface area contributed by atoms with Gasteiger partial charge in [-0.1, -0.05) is 18.3 Å². The van der Waals surface area contributed by atoms with Crippen LogP contribution in [0.2, 0.25) is 0 Å². The topological polar surface area (TPSA) is 127 Å². The van der Waals surface area contributed by atoms with E-state index in [9.17, 15) is 22.9 Å². The fourth-order valence-corrected chi connectivity index (χ4v) is 5.29. The Bertz CT molecular complexity index is 876. The molecule has 0 aliphatic carbocycles. The summed E-state index contributed by atoms with van der Waals surface area (Å²) in [7, 11) is 0. The van der Waals surface area contributed by atoms with E-state index in [0.717, 1.165) is 17.0 Å². The van der Waals surface area contributed by atoms with Crippen LogP contribution in [-0.2, 0) is 17.8 Å². The summed E-state index contributed by atoms with van der Waals surface area (Å²) in [5.41, 5.74) is 6.29. The van der Waals surface area contributed by atoms with Crippen LogP contribution < -0.4 is 11.1 Å². The molecule has 0 spiro atoms. The fraction of sp³-hybridized carbons (Fsp3) is 0.438. The number of alkyl halides is 2. The number of carbonyl (C=O) groups is 2. The summed E-state index contributed by atoms with van der Waals surface area (Å²) >= 11 is -0.803. The van der Waals surface area contributed by atoms with E-state index >= 15 is 0 Å². The van der Waals surface area contributed by atoms with E-state index < -0.39 is 29.1 Å². The van der Waals surface area contributed by atoms with Crippen molar-refractivity contribution in [3.8, 4) is 0 Å². The number of amides is 2. The van der Waals surface area contributed by atoms with Gasteiger partial charge in [0.15, 0.2) is 5.69 Å². The third-order valence-corrected chi connectivity index (χ3v) is 7.13. The van der Waals surface area contributed by atoms with Crippen LogP contribution in [0.1, 0.15) is 46.3 Å². The standard InChI is InChI=1S/C16H19F2N5O3S2/c1-2-9-7-11(22-21-9)14(25)20-15-10(13(19)24)8-12(27-15)28(26)23-5-3-16(17,18)4-6-23/h7-8H,2-6H2,1H3,(H2,19,24)(H,20,25)(H,21,22). The Labute approximate surface area is 166 Å². The summed E-state index contributed by atoms with van der Waals surface area (Å²) in [4.78, 5) is 24.1. The second kappa shape index (κ2) is 8.15. The molecule has 12 heteroatoms. The first kappa shape index (κ1) is 20.7. The minimum absolute atomic E-state index is 0.00953. The number of hydrogen-bond donors (Lipinski definition) is 3. The zero-order chi connectivity index (χ0) is 20.5. The number of primary amides is 1. The van der Waals surface area contributed by atoms with Gasteiger partial charge in [-0.15, -0.1) is 4.31 Å². The normalized spacial score (nSPS) is 18.0. The van der Waals surface area contributed by atoms with Crippen molar-refractivity contribution in [3.63, 3.8) is 0 Å². The van der Waals surface area contributed by atoms with E-state index in [4.69, 9.17) is 5.73 Å². The van der Waals surface area contributed by atoms with Crippen molar-refractivity contribution in [1.29, 1.82) is 0 Å². The summed E-state index contributed by atoms with van der Waals surface area (Å²) in [6.07, 6.45) is -0.0888. The van der Waals surface area contributed by atoms with Gasteiger partial charge in [-0.3, -0.25) is 14.7 Å². The molecule has 1 unspecified atom stereocenters. The molecule has 1 fully saturated rings. The number of carbonyl (C=O) groups excluding carboxylic acids is 2. The quantitative estimate of drug-likeness (QED) is 0.604. The molecule has 152 valence electrons. The molecular weight excluding hydrogens is 412 g/mol. The first-order valence-corrected chi connectivity index (χ1v) is 10.5. The average molecular weight is 431 g/mol. The van der Waals surface area contributed by atoms with Gasteiger partial charge in [0.1, 0.15) is 5.00 Å². The first-order valence-electron chi connectivity index (χ1n) is 8.54. The number of thiophene rings is 1. The highest BCUT2D eigenvalue weighted by Gasteiger charge is 2.39. The number of piperidine rings is 1. The van der Waals surface area contributed by atoms with Crippen LogP contribution >= 0.6 is 11.3 Å². The highest BCUT2D eigenvalue weighted by atomic mass is 32.2. The van der Waals surface area contributed by atoms with Gasteiger partial charge < -0.3 is 15.6 Å². The number of H-pyrrole nitrogens is 1. The second-order valence-corrected chi connectivity index (χ2v) is 9.06. The highest BCUT2D eigenvalue weighted by Crippen LogP contribution is 2.36. The molecule has 0 bridgehead atoms. The number of aromatic amines is 1. The van der Waals surface area contributed by atoms with Crippen LogP contribution in [0.15, 0.2) is 16.3 Å². The highest BCUT2D eigenvalue weighted by molar-refractivity contribution is 7.91. The number of halogens is 2. The lowest BCUT2D eigenvalue weighted by Crippen LogP contribution is -2.42. The first-order chi connectivity index (χ1) is 13.2. The number of nitrogens with two attached hydrogens (primary N) is 1. The van der Waals surface area contributed by atoms with Crippen LogP contribution in [0.4, 0.5) is 13.8 Å². The van der Waals surface area contributed by atoms with Crippen molar-refractivity contribution >= 4 is 39.5 Å². The number of aromatic nitrogens is 2. The van der Waals surface area contributed by atoms with E-state index in [1.165, 1.54) is 10.4 Å². The van der Waals surface area contributed by atoms with Crippen LogP contribution in [0.3, 0.4) is 0 Å². The van der Waals surface area contributed by atoms with Crippen LogP contribution in [0.25, 0.3) is 0 Å². The van der Waals surface area contributed by atoms with E-state index in [-0.39, 0.29) is 46.4 Å². The van der Waals surface area contributed by atoms with Gasteiger partial charge in [-0.25, -0.2) is 8.78 Å². The Morgan fingerprint density at radius 1 is 1.43 bits per heavy atom. The van der Waals surface area contributed by atoms with Crippen LogP contribution in [0, 0.1) is 0 Å². The summed E-state index contributed by atoms with van der Waals surface area (Å²) in [6.45, 7) is 1.84. The molecule has 0 saturated carbocycles. The largest absolute Gasteiger partial charge is 0.592 e. The minimum Gasteiger partial charge on any atom is -0.592 e. The molecule has 3 rings (SSSR count). The zero-order valence-electron chi connectivity index (χ0n) is 15.0. The molecule has 1 atom stereocenters. The van der Waals surface area contributed by atoms with Crippen molar-refractivity contribution < 1.29 is 22.9 Å². The molecule has 1 aliphatic rings. The Balaban J connectivity index is 1.77. The SMILES string of the molecule is CCc1cc(C(=O)Nc2sc([S+]([O-])N3CCC(F)(F)CC3)cc2C(N)=O)n[nH]1. The molecule has 2 aromatic heterocycles. The lowest BCUT2D eigenvalue weighted by Gasteiger charge is -2.30. The Morgan fingerprint density at radius 2 is 2.11 bits per heavy atom. The summed E-state index contributed by atoms with van der Waals surface area (Å²) < 4.78 is 41.0. The average Bonchev–Trinajstić information content (AvgIpc) is 3.28. The maximum atomic E-state index is 13.3. The van der Waals surface area contributed by atoms with Crippen LogP contribution in [-0.4, -0.2) is 49.9 Å². The molecule has 0 aromatic carbocycles. The number of nitrogens with one attached hydrogen (secondary N) is 2. The smallest absolute Gasteiger partial charge is 0.276 e. The number of nitrogens with zero attached hydrogens (tertiary/aromatic N) is 2. The molecular formula is C16H19F2N5O3S2. The number of anilines is 1. The fourth-order valence-electron chi connectivity index (χ4n) is 2.66. The monoisotopic (exact) mass is 431 g/mol. The summed E-state index contributed by atoms with van der Waals surface area (Å²) in [5, 5.41) is 9.32. The van der Waals surface area contributed by atoms with Crippen molar-refractivity contribution in [3.05, 3.63) is 29.1 Å². The number of aryl methyl sites for hydroxylation is 1. The second-order valence-electron chi connectivity index (χ2n) is 6.29. The molecule has 0 radical (unpaired) electrons. The van der Waals surface area contributed by atoms with Gasteiger partial charge in [0.05, 0.1) is 30.0 Å². The predicted molar refractivity (Wildman–Crippen MR) is 101 cm³/mol. The Hall–Kier alpha value is -2.02. The number of hydrogen-bond acceptors (Lipinski definition) is 6. The Kier molecular flexibility index (Phi) is 6.03. The predicted octanol–water partition coefficient (Wildman–Crippen LogP) is 2.14. The molecule has 2 amide bonds. The van der Waals surface area contributed by atoms with Crippen LogP contribution in [0.5, 0.6) is 0 Å². The van der Waals surface area contributed by atoms with E-state index in [1.54, 1.807) is 6.07 Å². The Morgan fingerprint density at radius 3 is 2.68 bits per heavy atom. The lowest BCUT2D eigenvalue weighted by atomic mass is 10.1. The molecule has 1 saturated heterocycles. The van der Waals surface area contributed by atoms with Gasteiger partial charge in [0.25, 0.3) is 17.7 Å². The molecule has 8 nitrogen and oxygen atoms in total. The lowest BCUT2D eigenvalue weighted by molar-refractivity contribution is -0.0412. The van der Waals surface area contributed by atoms with Gasteiger partial charge >= 0.3 is 0 Å². The maximum absolute atomic E-state index is 13.3. The van der Waals surface area contributed by atoms with E-state index in [2.05, 4.69) is 15.5 Å². The third kappa shape index (κ3) is 4.51. The molecule has 2 aromatic rings. The van der Waals surface area contributed by atoms with Crippen molar-refractivity contribution in [2.24, 2.45) is 5.73 Å². The minimum atomic E-state index is -2.76. The molecule has 4 N–H and O–H groups in total. The van der Waals surface area contributed by atoms with Gasteiger partial charge in [-0.2, -0.15) is 5.10 Å². The van der Waals surface area contributed by atoms with Gasteiger partial charge in [-0.05, 0) is 12.5 Å². The van der Waals surface area contributed by atoms with E-state index in [0.29, 0.717) is 6.42 Å². The van der Waals surface area contributed by atoms with Gasteiger partial charge in [0, 0.05) is 24.6 Å². The van der Waals surface area contributed by atoms with E-state index in [1.807, 2.05) is 6.92 Å². The molecule has 28 heavy (non-hydrogen) atoms. The summed E-state index contributed by atoms with van der Waals surface area (Å²) in [5.74, 6) is -4.10. The maximum Gasteiger partial charge on any atom is 0.276 e. The third-order valence-electron chi connectivity index (χ3n) is 4.31. The van der Waals surface area contributed by atoms with Gasteiger partial charge in [0.2, 0.25) is 4.21 Å². The van der Waals surface area contributed by atoms with Crippen molar-refractivity contribution in [2.45, 2.75) is 36.3 Å². The van der Waals surface area contributed by atoms with Crippen molar-refractivity contribution in [2.75, 3.05) is 18.4 Å². The zero-order valence-corrected chi connectivity index (χ0v) is 16.6. The molecule has 3 heterocycles.